The number of rotatable bonds is 7. The van der Waals surface area contributed by atoms with Crippen LogP contribution in [-0.2, 0) is 4.79 Å². The van der Waals surface area contributed by atoms with Crippen LogP contribution in [-0.4, -0.2) is 37.8 Å². The third-order valence-electron chi connectivity index (χ3n) is 6.17. The minimum absolute atomic E-state index is 0.0336. The molecule has 3 aromatic rings. The van der Waals surface area contributed by atoms with Crippen LogP contribution in [0.5, 0.6) is 0 Å². The van der Waals surface area contributed by atoms with Crippen molar-refractivity contribution in [2.45, 2.75) is 49.5 Å². The van der Waals surface area contributed by atoms with Crippen molar-refractivity contribution in [2.75, 3.05) is 11.6 Å². The van der Waals surface area contributed by atoms with E-state index in [-0.39, 0.29) is 22.8 Å². The Kier molecular flexibility index (Phi) is 7.08. The smallest absolute Gasteiger partial charge is 0.337 e. The van der Waals surface area contributed by atoms with Crippen molar-refractivity contribution in [3.63, 3.8) is 0 Å². The summed E-state index contributed by atoms with van der Waals surface area (Å²) >= 11 is 1.58. The van der Waals surface area contributed by atoms with Crippen LogP contribution in [0.25, 0.3) is 10.9 Å². The maximum Gasteiger partial charge on any atom is 0.337 e. The summed E-state index contributed by atoms with van der Waals surface area (Å²) in [5, 5.41) is 12.3. The number of benzene rings is 1. The molecule has 2 heterocycles. The van der Waals surface area contributed by atoms with Crippen molar-refractivity contribution in [1.82, 2.24) is 14.5 Å². The highest BCUT2D eigenvalue weighted by atomic mass is 32.2. The lowest BCUT2D eigenvalue weighted by Crippen LogP contribution is -2.35. The summed E-state index contributed by atoms with van der Waals surface area (Å²) in [5.41, 5.74) is 0.384. The molecule has 1 saturated carbocycles. The molecule has 1 fully saturated rings. The second kappa shape index (κ2) is 10.2. The molecule has 172 valence electrons. The van der Waals surface area contributed by atoms with Crippen molar-refractivity contribution in [3.8, 4) is 0 Å². The van der Waals surface area contributed by atoms with Crippen LogP contribution in [0.2, 0.25) is 0 Å². The Hall–Kier alpha value is -3.20. The first kappa shape index (κ1) is 23.0. The van der Waals surface area contributed by atoms with Gasteiger partial charge in [0.2, 0.25) is 5.91 Å². The van der Waals surface area contributed by atoms with E-state index in [0.29, 0.717) is 23.2 Å². The molecule has 0 saturated heterocycles. The zero-order valence-electron chi connectivity index (χ0n) is 18.4. The van der Waals surface area contributed by atoms with Gasteiger partial charge in [-0.1, -0.05) is 32.1 Å². The van der Waals surface area contributed by atoms with E-state index in [1.54, 1.807) is 17.8 Å². The van der Waals surface area contributed by atoms with E-state index >= 15 is 0 Å². The Bertz CT molecular complexity index is 1220. The van der Waals surface area contributed by atoms with Gasteiger partial charge in [-0.15, -0.1) is 11.8 Å². The van der Waals surface area contributed by atoms with Gasteiger partial charge in [0.1, 0.15) is 11.9 Å². The minimum Gasteiger partial charge on any atom is -0.478 e. The number of carbonyl (C=O) groups excluding carboxylic acids is 1. The third-order valence-corrected chi connectivity index (χ3v) is 6.90. The quantitative estimate of drug-likeness (QED) is 0.497. The summed E-state index contributed by atoms with van der Waals surface area (Å²) < 4.78 is 1.43. The first-order valence-corrected chi connectivity index (χ1v) is 12.2. The molecule has 0 bridgehead atoms. The Morgan fingerprint density at radius 3 is 2.64 bits per heavy atom. The van der Waals surface area contributed by atoms with Crippen LogP contribution in [0.3, 0.4) is 0 Å². The fraction of sp³-hybridized carbons (Fsp3) is 0.375. The van der Waals surface area contributed by atoms with Crippen LogP contribution in [0, 0.1) is 5.92 Å². The number of amides is 1. The van der Waals surface area contributed by atoms with Gasteiger partial charge in [0.25, 0.3) is 5.56 Å². The maximum absolute atomic E-state index is 13.3. The molecule has 1 aliphatic rings. The van der Waals surface area contributed by atoms with Crippen molar-refractivity contribution in [3.05, 3.63) is 58.8 Å². The summed E-state index contributed by atoms with van der Waals surface area (Å²) in [6, 6.07) is 7.60. The van der Waals surface area contributed by atoms with Gasteiger partial charge in [-0.2, -0.15) is 0 Å². The number of carboxylic acids is 1. The number of anilines is 1. The molecular weight excluding hydrogens is 440 g/mol. The molecule has 0 aliphatic heterocycles. The molecule has 2 aromatic heterocycles. The van der Waals surface area contributed by atoms with E-state index in [1.807, 2.05) is 18.4 Å². The average molecular weight is 467 g/mol. The van der Waals surface area contributed by atoms with Gasteiger partial charge in [0.15, 0.2) is 0 Å². The van der Waals surface area contributed by atoms with E-state index < -0.39 is 12.0 Å². The summed E-state index contributed by atoms with van der Waals surface area (Å²) in [6.45, 7) is 0. The maximum atomic E-state index is 13.3. The lowest BCUT2D eigenvalue weighted by molar-refractivity contribution is -0.120. The first-order valence-electron chi connectivity index (χ1n) is 11.0. The number of thioether (sulfide) groups is 1. The molecule has 1 aromatic carbocycles. The van der Waals surface area contributed by atoms with Crippen LogP contribution >= 0.6 is 11.8 Å². The lowest BCUT2D eigenvalue weighted by Gasteiger charge is -2.27. The average Bonchev–Trinajstić information content (AvgIpc) is 2.84. The van der Waals surface area contributed by atoms with E-state index in [9.17, 15) is 14.4 Å². The number of aromatic nitrogens is 3. The second-order valence-corrected chi connectivity index (χ2v) is 9.20. The van der Waals surface area contributed by atoms with Gasteiger partial charge in [-0.3, -0.25) is 14.2 Å². The van der Waals surface area contributed by atoms with E-state index in [4.69, 9.17) is 5.11 Å². The van der Waals surface area contributed by atoms with Gasteiger partial charge in [-0.05, 0) is 48.9 Å². The molecule has 33 heavy (non-hydrogen) atoms. The molecule has 4 rings (SSSR count). The van der Waals surface area contributed by atoms with Gasteiger partial charge < -0.3 is 10.4 Å². The number of carbonyl (C=O) groups is 2. The molecular formula is C24H26N4O4S. The SMILES string of the molecule is CSc1ccc2c(=O)n(C(CC3CCCCC3)C(=O)Nc3ccc(C(=O)O)cn3)cnc2c1. The fourth-order valence-corrected chi connectivity index (χ4v) is 4.79. The van der Waals surface area contributed by atoms with Gasteiger partial charge in [0, 0.05) is 11.1 Å². The summed E-state index contributed by atoms with van der Waals surface area (Å²) in [6.07, 6.45) is 10.7. The number of aromatic carboxylic acids is 1. The van der Waals surface area contributed by atoms with Crippen molar-refractivity contribution in [1.29, 1.82) is 0 Å². The van der Waals surface area contributed by atoms with E-state index in [0.717, 1.165) is 30.6 Å². The molecule has 0 spiro atoms. The molecule has 1 atom stereocenters. The Labute approximate surface area is 195 Å². The lowest BCUT2D eigenvalue weighted by atomic mass is 9.84. The highest BCUT2D eigenvalue weighted by Gasteiger charge is 2.28. The first-order chi connectivity index (χ1) is 16.0. The highest BCUT2D eigenvalue weighted by Crippen LogP contribution is 2.31. The molecule has 0 radical (unpaired) electrons. The summed E-state index contributed by atoms with van der Waals surface area (Å²) in [4.78, 5) is 47.3. The van der Waals surface area contributed by atoms with Crippen molar-refractivity contribution < 1.29 is 14.7 Å². The topological polar surface area (TPSA) is 114 Å². The monoisotopic (exact) mass is 466 g/mol. The number of nitrogens with one attached hydrogen (secondary N) is 1. The van der Waals surface area contributed by atoms with Crippen molar-refractivity contribution in [2.24, 2.45) is 5.92 Å². The molecule has 2 N–H and O–H groups in total. The van der Waals surface area contributed by atoms with Crippen LogP contribution < -0.4 is 10.9 Å². The fourth-order valence-electron chi connectivity index (χ4n) is 4.35. The predicted octanol–water partition coefficient (Wildman–Crippen LogP) is 4.36. The minimum atomic E-state index is -1.09. The number of nitrogens with zero attached hydrogens (tertiary/aromatic N) is 3. The molecule has 1 aliphatic carbocycles. The number of pyridine rings is 1. The molecule has 1 unspecified atom stereocenters. The van der Waals surface area contributed by atoms with E-state index in [2.05, 4.69) is 15.3 Å². The number of hydrogen-bond donors (Lipinski definition) is 2. The Morgan fingerprint density at radius 1 is 1.18 bits per heavy atom. The van der Waals surface area contributed by atoms with Gasteiger partial charge in [-0.25, -0.2) is 14.8 Å². The molecule has 8 nitrogen and oxygen atoms in total. The molecule has 1 amide bonds. The van der Waals surface area contributed by atoms with Crippen LogP contribution in [0.15, 0.2) is 52.5 Å². The van der Waals surface area contributed by atoms with Gasteiger partial charge in [0.05, 0.1) is 22.8 Å². The predicted molar refractivity (Wildman–Crippen MR) is 128 cm³/mol. The summed E-state index contributed by atoms with van der Waals surface area (Å²) in [5.74, 6) is -0.863. The number of fused-ring (bicyclic) bond motifs is 1. The van der Waals surface area contributed by atoms with Crippen molar-refractivity contribution >= 4 is 40.4 Å². The molecule has 9 heteroatoms. The van der Waals surface area contributed by atoms with Crippen LogP contribution in [0.1, 0.15) is 54.9 Å². The Balaban J connectivity index is 1.66. The van der Waals surface area contributed by atoms with Crippen LogP contribution in [0.4, 0.5) is 5.82 Å². The van der Waals surface area contributed by atoms with Gasteiger partial charge >= 0.3 is 5.97 Å². The second-order valence-electron chi connectivity index (χ2n) is 8.32. The number of hydrogen-bond acceptors (Lipinski definition) is 6. The third kappa shape index (κ3) is 5.24. The standard InChI is InChI=1S/C24H26N4O4S/c1-33-17-8-9-18-19(12-17)26-14-28(23(18)30)20(11-15-5-3-2-4-6-15)22(29)27-21-10-7-16(13-25-21)24(31)32/h7-10,12-15,20H,2-6,11H2,1H3,(H,31,32)(H,25,27,29). The zero-order valence-corrected chi connectivity index (χ0v) is 19.2. The Morgan fingerprint density at radius 2 is 1.97 bits per heavy atom. The summed E-state index contributed by atoms with van der Waals surface area (Å²) in [7, 11) is 0. The largest absolute Gasteiger partial charge is 0.478 e. The zero-order chi connectivity index (χ0) is 23.4. The number of carboxylic acid groups (broad SMARTS) is 1. The normalized spacial score (nSPS) is 15.3. The van der Waals surface area contributed by atoms with E-state index in [1.165, 1.54) is 35.6 Å². The highest BCUT2D eigenvalue weighted by molar-refractivity contribution is 7.98.